The summed E-state index contributed by atoms with van der Waals surface area (Å²) in [6, 6.07) is 0.208. The van der Waals surface area contributed by atoms with Crippen LogP contribution >= 0.6 is 11.3 Å². The normalized spacial score (nSPS) is 17.9. The Morgan fingerprint density at radius 1 is 1.46 bits per heavy atom. The highest BCUT2D eigenvalue weighted by Gasteiger charge is 2.22. The van der Waals surface area contributed by atoms with Crippen molar-refractivity contribution >= 4 is 21.4 Å². The average molecular weight is 371 g/mol. The Hall–Kier alpha value is -1.29. The van der Waals surface area contributed by atoms with Gasteiger partial charge in [0.05, 0.1) is 17.2 Å². The molecule has 0 spiro atoms. The summed E-state index contributed by atoms with van der Waals surface area (Å²) in [7, 11) is -3.56. The van der Waals surface area contributed by atoms with Crippen molar-refractivity contribution in [3.8, 4) is 0 Å². The Balaban J connectivity index is 1.63. The van der Waals surface area contributed by atoms with Gasteiger partial charge in [-0.3, -0.25) is 4.68 Å². The van der Waals surface area contributed by atoms with Crippen molar-refractivity contribution < 1.29 is 13.2 Å². The largest absolute Gasteiger partial charge is 0.381 e. The van der Waals surface area contributed by atoms with Crippen LogP contribution in [0.2, 0.25) is 0 Å². The number of hydrogen-bond donors (Lipinski definition) is 1. The van der Waals surface area contributed by atoms with E-state index in [1.54, 1.807) is 22.2 Å². The van der Waals surface area contributed by atoms with Gasteiger partial charge in [-0.05, 0) is 19.8 Å². The lowest BCUT2D eigenvalue weighted by molar-refractivity contribution is 0.0662. The van der Waals surface area contributed by atoms with Gasteiger partial charge in [0.2, 0.25) is 10.0 Å². The van der Waals surface area contributed by atoms with Gasteiger partial charge in [0.15, 0.2) is 0 Å². The van der Waals surface area contributed by atoms with Crippen LogP contribution in [0.5, 0.6) is 0 Å². The summed E-state index contributed by atoms with van der Waals surface area (Å²) < 4.78 is 34.7. The Morgan fingerprint density at radius 3 is 2.88 bits per heavy atom. The minimum Gasteiger partial charge on any atom is -0.381 e. The summed E-state index contributed by atoms with van der Waals surface area (Å²) in [5.74, 6) is 0.0315. The lowest BCUT2D eigenvalue weighted by atomic mass is 10.1. The molecule has 1 atom stereocenters. The number of ether oxygens (including phenoxy) is 1. The van der Waals surface area contributed by atoms with Crippen molar-refractivity contribution in [1.82, 2.24) is 19.5 Å². The predicted octanol–water partition coefficient (Wildman–Crippen LogP) is 2.08. The van der Waals surface area contributed by atoms with Crippen molar-refractivity contribution in [1.29, 1.82) is 0 Å². The number of sulfonamides is 1. The molecule has 9 heteroatoms. The van der Waals surface area contributed by atoms with E-state index in [-0.39, 0.29) is 16.9 Å². The van der Waals surface area contributed by atoms with E-state index >= 15 is 0 Å². The predicted molar refractivity (Wildman–Crippen MR) is 91.8 cm³/mol. The van der Waals surface area contributed by atoms with Crippen LogP contribution in [0.15, 0.2) is 22.7 Å². The second kappa shape index (κ2) is 7.30. The summed E-state index contributed by atoms with van der Waals surface area (Å²) in [6.07, 6.45) is 4.73. The summed E-state index contributed by atoms with van der Waals surface area (Å²) >= 11 is 1.55. The van der Waals surface area contributed by atoms with Crippen LogP contribution < -0.4 is 4.72 Å². The van der Waals surface area contributed by atoms with Crippen LogP contribution in [-0.2, 0) is 14.8 Å². The first-order valence-electron chi connectivity index (χ1n) is 7.99. The Kier molecular flexibility index (Phi) is 5.33. The molecule has 132 valence electrons. The van der Waals surface area contributed by atoms with Crippen molar-refractivity contribution in [2.45, 2.75) is 43.5 Å². The Bertz CT molecular complexity index is 778. The van der Waals surface area contributed by atoms with Gasteiger partial charge < -0.3 is 4.74 Å². The molecule has 0 saturated carbocycles. The van der Waals surface area contributed by atoms with Gasteiger partial charge in [0.25, 0.3) is 0 Å². The Labute approximate surface area is 146 Å². The first kappa shape index (κ1) is 17.5. The first-order chi connectivity index (χ1) is 11.5. The van der Waals surface area contributed by atoms with E-state index in [1.165, 1.54) is 6.20 Å². The van der Waals surface area contributed by atoms with E-state index in [9.17, 15) is 8.42 Å². The minimum absolute atomic E-state index is 0.0315. The summed E-state index contributed by atoms with van der Waals surface area (Å²) in [5, 5.41) is 7.13. The zero-order valence-corrected chi connectivity index (χ0v) is 15.4. The van der Waals surface area contributed by atoms with E-state index in [0.29, 0.717) is 19.8 Å². The molecule has 1 aliphatic heterocycles. The van der Waals surface area contributed by atoms with Gasteiger partial charge in [0, 0.05) is 42.9 Å². The molecule has 1 unspecified atom stereocenters. The van der Waals surface area contributed by atoms with E-state index in [0.717, 1.165) is 23.5 Å². The van der Waals surface area contributed by atoms with Crippen LogP contribution in [0.25, 0.3) is 0 Å². The second-order valence-corrected chi connectivity index (χ2v) is 8.74. The maximum absolute atomic E-state index is 12.5. The fourth-order valence-electron chi connectivity index (χ4n) is 2.61. The molecular weight excluding hydrogens is 348 g/mol. The monoisotopic (exact) mass is 370 g/mol. The third kappa shape index (κ3) is 4.02. The molecule has 3 heterocycles. The smallest absolute Gasteiger partial charge is 0.243 e. The molecule has 1 N–H and O–H groups in total. The van der Waals surface area contributed by atoms with Crippen LogP contribution in [0.1, 0.15) is 42.4 Å². The van der Waals surface area contributed by atoms with Crippen LogP contribution in [0.4, 0.5) is 0 Å². The molecule has 3 rings (SSSR count). The van der Waals surface area contributed by atoms with Crippen molar-refractivity contribution in [3.63, 3.8) is 0 Å². The van der Waals surface area contributed by atoms with Gasteiger partial charge in [-0.15, -0.1) is 11.3 Å². The standard InChI is InChI=1S/C15H22N4O3S2/c1-11(15-18-12(2)10-23-15)7-17-24(20,21)14-8-16-19(9-14)13-3-5-22-6-4-13/h8-11,13,17H,3-7H2,1-2H3. The van der Waals surface area contributed by atoms with E-state index < -0.39 is 10.0 Å². The summed E-state index contributed by atoms with van der Waals surface area (Å²) in [5.41, 5.74) is 0.961. The number of nitrogens with zero attached hydrogens (tertiary/aromatic N) is 3. The zero-order valence-electron chi connectivity index (χ0n) is 13.8. The highest BCUT2D eigenvalue weighted by molar-refractivity contribution is 7.89. The fraction of sp³-hybridized carbons (Fsp3) is 0.600. The molecule has 0 radical (unpaired) electrons. The molecule has 0 bridgehead atoms. The molecule has 1 saturated heterocycles. The zero-order chi connectivity index (χ0) is 17.2. The number of hydrogen-bond acceptors (Lipinski definition) is 6. The summed E-state index contributed by atoms with van der Waals surface area (Å²) in [6.45, 7) is 5.59. The van der Waals surface area contributed by atoms with Crippen LogP contribution in [0, 0.1) is 6.92 Å². The number of aryl methyl sites for hydroxylation is 1. The van der Waals surface area contributed by atoms with E-state index in [2.05, 4.69) is 14.8 Å². The molecule has 2 aromatic rings. The first-order valence-corrected chi connectivity index (χ1v) is 10.4. The molecule has 24 heavy (non-hydrogen) atoms. The number of aromatic nitrogens is 3. The molecule has 2 aromatic heterocycles. The molecule has 1 aliphatic rings. The lowest BCUT2D eigenvalue weighted by Gasteiger charge is -2.22. The van der Waals surface area contributed by atoms with Crippen molar-refractivity contribution in [2.24, 2.45) is 0 Å². The van der Waals surface area contributed by atoms with Crippen LogP contribution in [-0.4, -0.2) is 42.9 Å². The van der Waals surface area contributed by atoms with E-state index in [1.807, 2.05) is 19.2 Å². The fourth-order valence-corrected chi connectivity index (χ4v) is 4.54. The van der Waals surface area contributed by atoms with E-state index in [4.69, 9.17) is 4.74 Å². The maximum Gasteiger partial charge on any atom is 0.243 e. The minimum atomic E-state index is -3.56. The van der Waals surface area contributed by atoms with Gasteiger partial charge in [-0.1, -0.05) is 6.92 Å². The highest BCUT2D eigenvalue weighted by Crippen LogP contribution is 2.22. The van der Waals surface area contributed by atoms with Gasteiger partial charge in [-0.25, -0.2) is 18.1 Å². The van der Waals surface area contributed by atoms with Crippen molar-refractivity contribution in [2.75, 3.05) is 19.8 Å². The number of thiazole rings is 1. The SMILES string of the molecule is Cc1csc(C(C)CNS(=O)(=O)c2cnn(C3CCOCC3)c2)n1. The number of nitrogens with one attached hydrogen (secondary N) is 1. The van der Waals surface area contributed by atoms with Gasteiger partial charge in [0.1, 0.15) is 4.90 Å². The molecule has 7 nitrogen and oxygen atoms in total. The van der Waals surface area contributed by atoms with Crippen molar-refractivity contribution in [3.05, 3.63) is 28.5 Å². The third-order valence-corrected chi connectivity index (χ3v) is 6.66. The van der Waals surface area contributed by atoms with Gasteiger partial charge in [-0.2, -0.15) is 5.10 Å². The van der Waals surface area contributed by atoms with Gasteiger partial charge >= 0.3 is 0 Å². The average Bonchev–Trinajstić information content (AvgIpc) is 3.23. The molecule has 0 amide bonds. The second-order valence-electron chi connectivity index (χ2n) is 6.08. The topological polar surface area (TPSA) is 86.1 Å². The maximum atomic E-state index is 12.5. The number of rotatable bonds is 6. The molecule has 0 aromatic carbocycles. The molecular formula is C15H22N4O3S2. The highest BCUT2D eigenvalue weighted by atomic mass is 32.2. The Morgan fingerprint density at radius 2 is 2.21 bits per heavy atom. The lowest BCUT2D eigenvalue weighted by Crippen LogP contribution is -2.27. The molecule has 0 aliphatic carbocycles. The van der Waals surface area contributed by atoms with Crippen LogP contribution in [0.3, 0.4) is 0 Å². The quantitative estimate of drug-likeness (QED) is 0.841. The molecule has 1 fully saturated rings. The summed E-state index contributed by atoms with van der Waals surface area (Å²) in [4.78, 5) is 4.61. The third-order valence-electron chi connectivity index (χ3n) is 4.09.